The molecular formula is C23H22N2O3S. The minimum Gasteiger partial charge on any atom is -0.287 e. The van der Waals surface area contributed by atoms with E-state index in [2.05, 4.69) is 0 Å². The zero-order valence-electron chi connectivity index (χ0n) is 16.6. The molecular weight excluding hydrogens is 384 g/mol. The first-order chi connectivity index (χ1) is 13.8. The van der Waals surface area contributed by atoms with E-state index in [1.54, 1.807) is 36.4 Å². The molecule has 0 N–H and O–H groups in total. The minimum absolute atomic E-state index is 0.132. The van der Waals surface area contributed by atoms with Crippen molar-refractivity contribution in [1.29, 1.82) is 0 Å². The van der Waals surface area contributed by atoms with Crippen LogP contribution in [0.4, 0.5) is 16.2 Å². The van der Waals surface area contributed by atoms with Gasteiger partial charge in [0.15, 0.2) is 0 Å². The number of para-hydroxylation sites is 1. The Morgan fingerprint density at radius 3 is 2.17 bits per heavy atom. The third-order valence-electron chi connectivity index (χ3n) is 5.34. The van der Waals surface area contributed by atoms with Crippen LogP contribution in [0.1, 0.15) is 22.3 Å². The van der Waals surface area contributed by atoms with E-state index in [-0.39, 0.29) is 11.4 Å². The predicted octanol–water partition coefficient (Wildman–Crippen LogP) is 4.95. The van der Waals surface area contributed by atoms with Gasteiger partial charge in [-0.15, -0.1) is 0 Å². The first kappa shape index (κ1) is 19.2. The van der Waals surface area contributed by atoms with Crippen molar-refractivity contribution in [1.82, 2.24) is 0 Å². The molecule has 1 aliphatic heterocycles. The number of hydrogen-bond donors (Lipinski definition) is 0. The highest BCUT2D eigenvalue weighted by atomic mass is 32.2. The summed E-state index contributed by atoms with van der Waals surface area (Å²) in [6, 6.07) is 19.3. The summed E-state index contributed by atoms with van der Waals surface area (Å²) in [4.78, 5) is 15.2. The van der Waals surface area contributed by atoms with Crippen molar-refractivity contribution in [2.75, 3.05) is 9.21 Å². The van der Waals surface area contributed by atoms with Crippen molar-refractivity contribution in [3.05, 3.63) is 89.0 Å². The van der Waals surface area contributed by atoms with Crippen molar-refractivity contribution in [3.63, 3.8) is 0 Å². The number of benzene rings is 3. The Morgan fingerprint density at radius 1 is 0.793 bits per heavy atom. The van der Waals surface area contributed by atoms with Crippen molar-refractivity contribution in [3.8, 4) is 0 Å². The van der Waals surface area contributed by atoms with Gasteiger partial charge in [0.2, 0.25) is 0 Å². The molecule has 1 aliphatic rings. The third kappa shape index (κ3) is 3.19. The minimum atomic E-state index is -4.01. The summed E-state index contributed by atoms with van der Waals surface area (Å²) in [5.41, 5.74) is 4.53. The SMILES string of the molecule is Cc1ccc(CN2C(=O)N(c3cccc(C)c3C)S(=O)(=O)c3ccccc32)cc1. The molecule has 0 saturated carbocycles. The van der Waals surface area contributed by atoms with Crippen LogP contribution in [0.15, 0.2) is 71.6 Å². The highest BCUT2D eigenvalue weighted by Gasteiger charge is 2.42. The summed E-state index contributed by atoms with van der Waals surface area (Å²) < 4.78 is 27.7. The van der Waals surface area contributed by atoms with Gasteiger partial charge in [0.25, 0.3) is 10.0 Å². The molecule has 0 fully saturated rings. The van der Waals surface area contributed by atoms with E-state index in [0.717, 1.165) is 26.6 Å². The maximum atomic E-state index is 13.5. The second-order valence-corrected chi connectivity index (χ2v) is 9.07. The number of carbonyl (C=O) groups excluding carboxylic acids is 1. The Balaban J connectivity index is 1.89. The van der Waals surface area contributed by atoms with Gasteiger partial charge in [0, 0.05) is 0 Å². The summed E-state index contributed by atoms with van der Waals surface area (Å²) in [6.45, 7) is 6.02. The third-order valence-corrected chi connectivity index (χ3v) is 7.07. The number of fused-ring (bicyclic) bond motifs is 1. The molecule has 3 aromatic rings. The summed E-state index contributed by atoms with van der Waals surface area (Å²) in [7, 11) is -4.01. The second-order valence-electron chi connectivity index (χ2n) is 7.31. The topological polar surface area (TPSA) is 57.7 Å². The Kier molecular flexibility index (Phi) is 4.67. The van der Waals surface area contributed by atoms with Crippen LogP contribution < -0.4 is 9.21 Å². The molecule has 0 saturated heterocycles. The number of hydrogen-bond acceptors (Lipinski definition) is 3. The molecule has 4 rings (SSSR count). The van der Waals surface area contributed by atoms with Gasteiger partial charge in [-0.25, -0.2) is 13.2 Å². The molecule has 0 aliphatic carbocycles. The summed E-state index contributed by atoms with van der Waals surface area (Å²) in [5, 5.41) is 0. The van der Waals surface area contributed by atoms with Crippen molar-refractivity contribution >= 4 is 27.4 Å². The van der Waals surface area contributed by atoms with E-state index >= 15 is 0 Å². The zero-order valence-corrected chi connectivity index (χ0v) is 17.4. The Bertz CT molecular complexity index is 1200. The fraction of sp³-hybridized carbons (Fsp3) is 0.174. The molecule has 3 aromatic carbocycles. The summed E-state index contributed by atoms with van der Waals surface area (Å²) >= 11 is 0. The molecule has 5 nitrogen and oxygen atoms in total. The summed E-state index contributed by atoms with van der Waals surface area (Å²) in [6.07, 6.45) is 0. The van der Waals surface area contributed by atoms with Crippen LogP contribution in [-0.2, 0) is 16.6 Å². The normalized spacial score (nSPS) is 15.3. The molecule has 0 atom stereocenters. The lowest BCUT2D eigenvalue weighted by Gasteiger charge is -2.37. The van der Waals surface area contributed by atoms with Crippen LogP contribution in [-0.4, -0.2) is 14.4 Å². The fourth-order valence-electron chi connectivity index (χ4n) is 3.53. The van der Waals surface area contributed by atoms with Gasteiger partial charge in [-0.3, -0.25) is 4.90 Å². The van der Waals surface area contributed by atoms with Gasteiger partial charge < -0.3 is 0 Å². The van der Waals surface area contributed by atoms with Gasteiger partial charge in [-0.2, -0.15) is 4.31 Å². The maximum Gasteiger partial charge on any atom is 0.343 e. The predicted molar refractivity (Wildman–Crippen MR) is 115 cm³/mol. The molecule has 148 valence electrons. The van der Waals surface area contributed by atoms with Gasteiger partial charge in [0.1, 0.15) is 4.90 Å². The summed E-state index contributed by atoms with van der Waals surface area (Å²) in [5.74, 6) is 0. The van der Waals surface area contributed by atoms with E-state index in [1.807, 2.05) is 51.1 Å². The van der Waals surface area contributed by atoms with Crippen molar-refractivity contribution in [2.45, 2.75) is 32.2 Å². The smallest absolute Gasteiger partial charge is 0.287 e. The van der Waals surface area contributed by atoms with E-state index in [0.29, 0.717) is 11.4 Å². The first-order valence-electron chi connectivity index (χ1n) is 9.38. The molecule has 0 spiro atoms. The molecule has 0 bridgehead atoms. The number of urea groups is 1. The van der Waals surface area contributed by atoms with Gasteiger partial charge in [0.05, 0.1) is 17.9 Å². The van der Waals surface area contributed by atoms with E-state index in [4.69, 9.17) is 0 Å². The van der Waals surface area contributed by atoms with E-state index in [1.165, 1.54) is 4.90 Å². The van der Waals surface area contributed by atoms with Gasteiger partial charge >= 0.3 is 6.03 Å². The Morgan fingerprint density at radius 2 is 1.45 bits per heavy atom. The number of sulfonamides is 1. The van der Waals surface area contributed by atoms with Crippen molar-refractivity contribution < 1.29 is 13.2 Å². The van der Waals surface area contributed by atoms with Crippen LogP contribution in [0, 0.1) is 20.8 Å². The molecule has 29 heavy (non-hydrogen) atoms. The molecule has 0 aromatic heterocycles. The number of aryl methyl sites for hydroxylation is 2. The quantitative estimate of drug-likeness (QED) is 0.619. The number of anilines is 2. The number of nitrogens with zero attached hydrogens (tertiary/aromatic N) is 2. The average Bonchev–Trinajstić information content (AvgIpc) is 2.70. The largest absolute Gasteiger partial charge is 0.343 e. The molecule has 0 radical (unpaired) electrons. The Hall–Kier alpha value is -3.12. The Labute approximate surface area is 171 Å². The first-order valence-corrected chi connectivity index (χ1v) is 10.8. The van der Waals surface area contributed by atoms with Crippen LogP contribution in [0.25, 0.3) is 0 Å². The molecule has 0 unspecified atom stereocenters. The fourth-order valence-corrected chi connectivity index (χ4v) is 5.18. The highest BCUT2D eigenvalue weighted by molar-refractivity contribution is 7.94. The molecule has 2 amide bonds. The van der Waals surface area contributed by atoms with Crippen molar-refractivity contribution in [2.24, 2.45) is 0 Å². The van der Waals surface area contributed by atoms with Gasteiger partial charge in [-0.05, 0) is 55.7 Å². The van der Waals surface area contributed by atoms with Crippen LogP contribution >= 0.6 is 0 Å². The lowest BCUT2D eigenvalue weighted by Crippen LogP contribution is -2.51. The molecule has 1 heterocycles. The van der Waals surface area contributed by atoms with Crippen LogP contribution in [0.5, 0.6) is 0 Å². The number of amides is 2. The molecule has 6 heteroatoms. The van der Waals surface area contributed by atoms with Crippen LogP contribution in [0.2, 0.25) is 0 Å². The van der Waals surface area contributed by atoms with Gasteiger partial charge in [-0.1, -0.05) is 54.1 Å². The maximum absolute atomic E-state index is 13.5. The number of carbonyl (C=O) groups is 1. The monoisotopic (exact) mass is 406 g/mol. The van der Waals surface area contributed by atoms with E-state index in [9.17, 15) is 13.2 Å². The highest BCUT2D eigenvalue weighted by Crippen LogP contribution is 2.39. The van der Waals surface area contributed by atoms with E-state index < -0.39 is 16.1 Å². The lowest BCUT2D eigenvalue weighted by atomic mass is 10.1. The standard InChI is InChI=1S/C23H22N2O3S/c1-16-11-13-19(14-12-16)15-24-21-8-4-5-10-22(21)29(27,28)25(23(24)26)20-9-6-7-17(2)18(20)3/h4-14H,15H2,1-3H3. The zero-order chi connectivity index (χ0) is 20.8. The number of rotatable bonds is 3. The van der Waals surface area contributed by atoms with Crippen LogP contribution in [0.3, 0.4) is 0 Å². The lowest BCUT2D eigenvalue weighted by molar-refractivity contribution is 0.253. The second kappa shape index (κ2) is 7.04. The average molecular weight is 407 g/mol.